The van der Waals surface area contributed by atoms with Crippen LogP contribution in [0.25, 0.3) is 0 Å². The maximum Gasteiger partial charge on any atom is 0.357 e. The number of hydrogen-bond donors (Lipinski definition) is 1. The van der Waals surface area contributed by atoms with Crippen molar-refractivity contribution >= 4 is 5.97 Å². The molecule has 2 N–H and O–H groups in total. The molecular formula is C13H21N3O2. The average Bonchev–Trinajstić information content (AvgIpc) is 2.69. The molecule has 1 aliphatic heterocycles. The van der Waals surface area contributed by atoms with Crippen molar-refractivity contribution in [2.75, 3.05) is 6.54 Å². The third-order valence-electron chi connectivity index (χ3n) is 3.11. The van der Waals surface area contributed by atoms with E-state index in [-0.39, 0.29) is 5.97 Å². The zero-order valence-corrected chi connectivity index (χ0v) is 11.3. The van der Waals surface area contributed by atoms with Gasteiger partial charge in [-0.2, -0.15) is 0 Å². The van der Waals surface area contributed by atoms with Crippen LogP contribution >= 0.6 is 0 Å². The second-order valence-electron chi connectivity index (χ2n) is 5.81. The first-order valence-electron chi connectivity index (χ1n) is 6.38. The van der Waals surface area contributed by atoms with E-state index in [0.717, 1.165) is 25.2 Å². The van der Waals surface area contributed by atoms with Crippen LogP contribution in [0.3, 0.4) is 0 Å². The largest absolute Gasteiger partial charge is 0.455 e. The van der Waals surface area contributed by atoms with Gasteiger partial charge in [0.1, 0.15) is 17.1 Å². The van der Waals surface area contributed by atoms with Crippen LogP contribution in [0.5, 0.6) is 0 Å². The molecule has 0 bridgehead atoms. The molecule has 1 atom stereocenters. The molecule has 0 saturated carbocycles. The third-order valence-corrected chi connectivity index (χ3v) is 3.11. The number of carbonyl (C=O) groups excluding carboxylic acids is 1. The van der Waals surface area contributed by atoms with E-state index in [2.05, 4.69) is 4.98 Å². The number of fused-ring (bicyclic) bond motifs is 1. The summed E-state index contributed by atoms with van der Waals surface area (Å²) in [6, 6.07) is 0. The van der Waals surface area contributed by atoms with Crippen molar-refractivity contribution < 1.29 is 9.53 Å². The molecule has 0 radical (unpaired) electrons. The van der Waals surface area contributed by atoms with E-state index in [4.69, 9.17) is 10.5 Å². The fourth-order valence-electron chi connectivity index (χ4n) is 2.19. The number of ether oxygens (including phenoxy) is 1. The van der Waals surface area contributed by atoms with E-state index in [9.17, 15) is 4.79 Å². The molecule has 0 amide bonds. The zero-order chi connectivity index (χ0) is 13.3. The molecule has 0 saturated heterocycles. The first-order valence-corrected chi connectivity index (χ1v) is 6.38. The number of hydrogen-bond acceptors (Lipinski definition) is 4. The Kier molecular flexibility index (Phi) is 3.43. The Morgan fingerprint density at radius 2 is 2.33 bits per heavy atom. The van der Waals surface area contributed by atoms with Crippen LogP contribution in [0.4, 0.5) is 0 Å². The van der Waals surface area contributed by atoms with Crippen LogP contribution in [0, 0.1) is 5.92 Å². The van der Waals surface area contributed by atoms with E-state index >= 15 is 0 Å². The van der Waals surface area contributed by atoms with Crippen LogP contribution in [0.1, 0.15) is 43.5 Å². The minimum atomic E-state index is -0.476. The lowest BCUT2D eigenvalue weighted by molar-refractivity contribution is 0.00561. The fraction of sp³-hybridized carbons (Fsp3) is 0.692. The summed E-state index contributed by atoms with van der Waals surface area (Å²) in [4.78, 5) is 16.3. The third kappa shape index (κ3) is 2.72. The van der Waals surface area contributed by atoms with E-state index in [1.165, 1.54) is 0 Å². The standard InChI is InChI=1S/C13H21N3O2/c1-13(2,3)18-12(17)10-8-15-11-6-9(7-14)4-5-16(10)11/h8-9H,4-7,14H2,1-3H3. The van der Waals surface area contributed by atoms with Gasteiger partial charge < -0.3 is 15.0 Å². The summed E-state index contributed by atoms with van der Waals surface area (Å²) in [7, 11) is 0. The lowest BCUT2D eigenvalue weighted by Gasteiger charge is -2.24. The number of esters is 1. The van der Waals surface area contributed by atoms with Crippen molar-refractivity contribution in [2.45, 2.75) is 45.8 Å². The van der Waals surface area contributed by atoms with Crippen LogP contribution in [-0.4, -0.2) is 27.7 Å². The number of aromatic nitrogens is 2. The molecule has 1 aromatic rings. The van der Waals surface area contributed by atoms with Gasteiger partial charge in [-0.15, -0.1) is 0 Å². The van der Waals surface area contributed by atoms with Gasteiger partial charge in [0.2, 0.25) is 0 Å². The molecule has 2 heterocycles. The smallest absolute Gasteiger partial charge is 0.357 e. The molecule has 5 heteroatoms. The topological polar surface area (TPSA) is 70.1 Å². The second kappa shape index (κ2) is 4.72. The average molecular weight is 251 g/mol. The molecule has 5 nitrogen and oxygen atoms in total. The summed E-state index contributed by atoms with van der Waals surface area (Å²) in [5.41, 5.74) is 5.76. The Morgan fingerprint density at radius 3 is 2.94 bits per heavy atom. The highest BCUT2D eigenvalue weighted by molar-refractivity contribution is 5.87. The van der Waals surface area contributed by atoms with Crippen molar-refractivity contribution in [1.82, 2.24) is 9.55 Å². The monoisotopic (exact) mass is 251 g/mol. The molecule has 18 heavy (non-hydrogen) atoms. The van der Waals surface area contributed by atoms with Crippen molar-refractivity contribution in [2.24, 2.45) is 11.7 Å². The van der Waals surface area contributed by atoms with Gasteiger partial charge in [-0.3, -0.25) is 0 Å². The summed E-state index contributed by atoms with van der Waals surface area (Å²) >= 11 is 0. The molecule has 100 valence electrons. The second-order valence-corrected chi connectivity index (χ2v) is 5.81. The van der Waals surface area contributed by atoms with Crippen molar-refractivity contribution in [3.8, 4) is 0 Å². The Labute approximate surface area is 107 Å². The normalized spacial score (nSPS) is 19.4. The Bertz CT molecular complexity index is 446. The van der Waals surface area contributed by atoms with Gasteiger partial charge in [-0.1, -0.05) is 0 Å². The SMILES string of the molecule is CC(C)(C)OC(=O)c1cnc2n1CCC(CN)C2. The molecular weight excluding hydrogens is 230 g/mol. The zero-order valence-electron chi connectivity index (χ0n) is 11.3. The van der Waals surface area contributed by atoms with E-state index in [1.54, 1.807) is 6.20 Å². The molecule has 1 unspecified atom stereocenters. The summed E-state index contributed by atoms with van der Waals surface area (Å²) in [5.74, 6) is 1.12. The molecule has 1 aromatic heterocycles. The first kappa shape index (κ1) is 13.1. The number of nitrogens with zero attached hydrogens (tertiary/aromatic N) is 2. The van der Waals surface area contributed by atoms with E-state index in [1.807, 2.05) is 25.3 Å². The highest BCUT2D eigenvalue weighted by Gasteiger charge is 2.26. The van der Waals surface area contributed by atoms with E-state index < -0.39 is 5.60 Å². The summed E-state index contributed by atoms with van der Waals surface area (Å²) < 4.78 is 7.34. The van der Waals surface area contributed by atoms with Gasteiger partial charge in [0.05, 0.1) is 6.20 Å². The lowest BCUT2D eigenvalue weighted by Crippen LogP contribution is -2.29. The predicted molar refractivity (Wildman–Crippen MR) is 68.3 cm³/mol. The van der Waals surface area contributed by atoms with E-state index in [0.29, 0.717) is 18.2 Å². The number of rotatable bonds is 2. The number of imidazole rings is 1. The highest BCUT2D eigenvalue weighted by atomic mass is 16.6. The Morgan fingerprint density at radius 1 is 1.61 bits per heavy atom. The van der Waals surface area contributed by atoms with Crippen LogP contribution in [-0.2, 0) is 17.7 Å². The lowest BCUT2D eigenvalue weighted by atomic mass is 9.98. The number of nitrogens with two attached hydrogens (primary N) is 1. The quantitative estimate of drug-likeness (QED) is 0.806. The molecule has 0 spiro atoms. The maximum absolute atomic E-state index is 12.0. The predicted octanol–water partition coefficient (Wildman–Crippen LogP) is 1.36. The number of carbonyl (C=O) groups is 1. The van der Waals surface area contributed by atoms with Gasteiger partial charge in [-0.25, -0.2) is 9.78 Å². The van der Waals surface area contributed by atoms with Gasteiger partial charge in [0.15, 0.2) is 0 Å². The van der Waals surface area contributed by atoms with Crippen molar-refractivity contribution in [1.29, 1.82) is 0 Å². The minimum Gasteiger partial charge on any atom is -0.455 e. The molecule has 0 fully saturated rings. The summed E-state index contributed by atoms with van der Waals surface area (Å²) in [6.45, 7) is 7.06. The van der Waals surface area contributed by atoms with Crippen LogP contribution < -0.4 is 5.73 Å². The highest BCUT2D eigenvalue weighted by Crippen LogP contribution is 2.22. The summed E-state index contributed by atoms with van der Waals surface area (Å²) in [5, 5.41) is 0. The fourth-order valence-corrected chi connectivity index (χ4v) is 2.19. The van der Waals surface area contributed by atoms with Gasteiger partial charge in [-0.05, 0) is 39.7 Å². The first-order chi connectivity index (χ1) is 8.40. The molecule has 1 aliphatic rings. The maximum atomic E-state index is 12.0. The minimum absolute atomic E-state index is 0.299. The van der Waals surface area contributed by atoms with Crippen LogP contribution in [0.15, 0.2) is 6.20 Å². The summed E-state index contributed by atoms with van der Waals surface area (Å²) in [6.07, 6.45) is 3.46. The Balaban J connectivity index is 2.17. The van der Waals surface area contributed by atoms with Crippen LogP contribution in [0.2, 0.25) is 0 Å². The van der Waals surface area contributed by atoms with Crippen molar-refractivity contribution in [3.05, 3.63) is 17.7 Å². The molecule has 0 aromatic carbocycles. The van der Waals surface area contributed by atoms with Gasteiger partial charge in [0.25, 0.3) is 0 Å². The Hall–Kier alpha value is -1.36. The van der Waals surface area contributed by atoms with Gasteiger partial charge in [0, 0.05) is 13.0 Å². The van der Waals surface area contributed by atoms with Crippen molar-refractivity contribution in [3.63, 3.8) is 0 Å². The molecule has 0 aliphatic carbocycles. The van der Waals surface area contributed by atoms with Gasteiger partial charge >= 0.3 is 5.97 Å². The molecule has 2 rings (SSSR count).